The maximum atomic E-state index is 8.75. The summed E-state index contributed by atoms with van der Waals surface area (Å²) in [5, 5.41) is 8.75. The molecule has 1 N–H and O–H groups in total. The van der Waals surface area contributed by atoms with Gasteiger partial charge in [0.05, 0.1) is 0 Å². The first-order valence-electron chi connectivity index (χ1n) is 9.17. The maximum Gasteiger partial charge on any atom is 0.0465 e. The summed E-state index contributed by atoms with van der Waals surface area (Å²) in [4.78, 5) is 0. The second-order valence-corrected chi connectivity index (χ2v) is 6.95. The minimum atomic E-state index is 0.253. The van der Waals surface area contributed by atoms with Crippen LogP contribution in [0.5, 0.6) is 0 Å². The van der Waals surface area contributed by atoms with E-state index in [4.69, 9.17) is 5.11 Å². The number of rotatable bonds is 12. The zero-order chi connectivity index (χ0) is 17.5. The van der Waals surface area contributed by atoms with Crippen molar-refractivity contribution in [1.29, 1.82) is 0 Å². The van der Waals surface area contributed by atoms with Crippen LogP contribution in [-0.2, 0) is 0 Å². The van der Waals surface area contributed by atoms with Crippen LogP contribution >= 0.6 is 0 Å². The second-order valence-electron chi connectivity index (χ2n) is 6.95. The first-order chi connectivity index (χ1) is 11.0. The van der Waals surface area contributed by atoms with Crippen molar-refractivity contribution in [3.8, 4) is 0 Å². The van der Waals surface area contributed by atoms with Gasteiger partial charge in [-0.1, -0.05) is 54.0 Å². The maximum absolute atomic E-state index is 8.75. The molecule has 0 saturated carbocycles. The fourth-order valence-electron chi connectivity index (χ4n) is 2.43. The molecule has 0 aromatic rings. The zero-order valence-corrected chi connectivity index (χ0v) is 16.1. The molecule has 0 spiro atoms. The van der Waals surface area contributed by atoms with Crippen LogP contribution in [0, 0.1) is 5.92 Å². The molecule has 0 saturated heterocycles. The van der Waals surface area contributed by atoms with Crippen molar-refractivity contribution >= 4 is 0 Å². The summed E-state index contributed by atoms with van der Waals surface area (Å²) in [6, 6.07) is 0. The van der Waals surface area contributed by atoms with E-state index in [0.717, 1.165) is 19.3 Å². The molecule has 0 aliphatic rings. The summed E-state index contributed by atoms with van der Waals surface area (Å²) in [6.45, 7) is 11.3. The fraction of sp³-hybridized carbons (Fsp3) is 0.636. The molecule has 1 atom stereocenters. The lowest BCUT2D eigenvalue weighted by atomic mass is 10.0. The molecule has 0 rings (SSSR count). The highest BCUT2D eigenvalue weighted by Gasteiger charge is 1.96. The summed E-state index contributed by atoms with van der Waals surface area (Å²) in [5.41, 5.74) is 4.43. The highest BCUT2D eigenvalue weighted by Crippen LogP contribution is 2.14. The van der Waals surface area contributed by atoms with Crippen molar-refractivity contribution < 1.29 is 5.11 Å². The smallest absolute Gasteiger partial charge is 0.0465 e. The van der Waals surface area contributed by atoms with Gasteiger partial charge in [0, 0.05) is 6.61 Å². The van der Waals surface area contributed by atoms with E-state index >= 15 is 0 Å². The Kier molecular flexibility index (Phi) is 13.8. The third-order valence-corrected chi connectivity index (χ3v) is 4.00. The number of allylic oxidation sites excluding steroid dienone is 7. The summed E-state index contributed by atoms with van der Waals surface area (Å²) >= 11 is 0. The molecule has 1 unspecified atom stereocenters. The third-order valence-electron chi connectivity index (χ3n) is 4.00. The second kappa shape index (κ2) is 14.5. The van der Waals surface area contributed by atoms with Crippen LogP contribution < -0.4 is 0 Å². The first kappa shape index (κ1) is 21.9. The van der Waals surface area contributed by atoms with E-state index in [1.807, 2.05) is 0 Å². The standard InChI is InChI=1S/C22H38O/c1-19(2)11-8-13-21(4)15-10-17-22(5)16-9-14-20(3)12-6-7-18-23/h6,11-12,15-16,20,23H,7-10,13-14,17-18H2,1-5H3/b12-6-,21-15?,22-16?. The third kappa shape index (κ3) is 15.6. The molecule has 0 amide bonds. The van der Waals surface area contributed by atoms with Crippen LogP contribution in [0.15, 0.2) is 47.1 Å². The molecule has 1 nitrogen and oxygen atoms in total. The SMILES string of the molecule is CC(C)=CCCC(C)=CCCC(C)=CCCC(C)/C=C\CCO. The van der Waals surface area contributed by atoms with Gasteiger partial charge in [-0.2, -0.15) is 0 Å². The van der Waals surface area contributed by atoms with Gasteiger partial charge in [-0.15, -0.1) is 0 Å². The Morgan fingerprint density at radius 3 is 1.96 bits per heavy atom. The van der Waals surface area contributed by atoms with Gasteiger partial charge in [0.15, 0.2) is 0 Å². The topological polar surface area (TPSA) is 20.2 Å². The van der Waals surface area contributed by atoms with E-state index in [0.29, 0.717) is 5.92 Å². The number of aliphatic hydroxyl groups excluding tert-OH is 1. The first-order valence-corrected chi connectivity index (χ1v) is 9.17. The van der Waals surface area contributed by atoms with Crippen molar-refractivity contribution in [2.24, 2.45) is 5.92 Å². The van der Waals surface area contributed by atoms with Gasteiger partial charge in [0.2, 0.25) is 0 Å². The normalized spacial score (nSPS) is 14.3. The Hall–Kier alpha value is -1.08. The molecule has 132 valence electrons. The molecule has 0 fully saturated rings. The van der Waals surface area contributed by atoms with E-state index in [2.05, 4.69) is 65.0 Å². The van der Waals surface area contributed by atoms with Crippen molar-refractivity contribution in [3.63, 3.8) is 0 Å². The Balaban J connectivity index is 3.91. The zero-order valence-electron chi connectivity index (χ0n) is 16.1. The summed E-state index contributed by atoms with van der Waals surface area (Å²) < 4.78 is 0. The van der Waals surface area contributed by atoms with Gasteiger partial charge in [-0.05, 0) is 78.6 Å². The quantitative estimate of drug-likeness (QED) is 0.394. The lowest BCUT2D eigenvalue weighted by molar-refractivity contribution is 0.302. The number of aliphatic hydroxyl groups is 1. The molecule has 0 aromatic heterocycles. The predicted octanol–water partition coefficient (Wildman–Crippen LogP) is 6.76. The molecule has 0 aliphatic carbocycles. The van der Waals surface area contributed by atoms with E-state index in [9.17, 15) is 0 Å². The van der Waals surface area contributed by atoms with Gasteiger partial charge in [0.1, 0.15) is 0 Å². The van der Waals surface area contributed by atoms with Gasteiger partial charge in [-0.3, -0.25) is 0 Å². The van der Waals surface area contributed by atoms with Crippen LogP contribution in [0.25, 0.3) is 0 Å². The minimum absolute atomic E-state index is 0.253. The molecule has 23 heavy (non-hydrogen) atoms. The average Bonchev–Trinajstić information content (AvgIpc) is 2.47. The lowest BCUT2D eigenvalue weighted by Gasteiger charge is -2.05. The summed E-state index contributed by atoms with van der Waals surface area (Å²) in [7, 11) is 0. The van der Waals surface area contributed by atoms with Crippen LogP contribution in [0.2, 0.25) is 0 Å². The summed E-state index contributed by atoms with van der Waals surface area (Å²) in [6.07, 6.45) is 19.2. The van der Waals surface area contributed by atoms with Gasteiger partial charge < -0.3 is 5.11 Å². The molecule has 0 bridgehead atoms. The van der Waals surface area contributed by atoms with Crippen molar-refractivity contribution in [2.75, 3.05) is 6.61 Å². The molecule has 1 heteroatoms. The Labute approximate surface area is 144 Å². The monoisotopic (exact) mass is 318 g/mol. The molecule has 0 aliphatic heterocycles. The molecule has 0 aromatic carbocycles. The molecular formula is C22H38O. The fourth-order valence-corrected chi connectivity index (χ4v) is 2.43. The van der Waals surface area contributed by atoms with Crippen LogP contribution in [0.4, 0.5) is 0 Å². The van der Waals surface area contributed by atoms with Gasteiger partial charge in [-0.25, -0.2) is 0 Å². The predicted molar refractivity (Wildman–Crippen MR) is 105 cm³/mol. The highest BCUT2D eigenvalue weighted by molar-refractivity contribution is 5.05. The largest absolute Gasteiger partial charge is 0.396 e. The van der Waals surface area contributed by atoms with Gasteiger partial charge in [0.25, 0.3) is 0 Å². The Morgan fingerprint density at radius 2 is 1.39 bits per heavy atom. The Bertz CT molecular complexity index is 406. The highest BCUT2D eigenvalue weighted by atomic mass is 16.2. The van der Waals surface area contributed by atoms with Gasteiger partial charge >= 0.3 is 0 Å². The number of hydrogen-bond acceptors (Lipinski definition) is 1. The van der Waals surface area contributed by atoms with Crippen molar-refractivity contribution in [3.05, 3.63) is 47.1 Å². The number of hydrogen-bond donors (Lipinski definition) is 1. The van der Waals surface area contributed by atoms with E-state index in [1.165, 1.54) is 42.4 Å². The molecule has 0 heterocycles. The Morgan fingerprint density at radius 1 is 0.826 bits per heavy atom. The molecule has 0 radical (unpaired) electrons. The van der Waals surface area contributed by atoms with Crippen molar-refractivity contribution in [2.45, 2.75) is 79.6 Å². The summed E-state index contributed by atoms with van der Waals surface area (Å²) in [5.74, 6) is 0.600. The minimum Gasteiger partial charge on any atom is -0.396 e. The van der Waals surface area contributed by atoms with Crippen molar-refractivity contribution in [1.82, 2.24) is 0 Å². The van der Waals surface area contributed by atoms with Crippen LogP contribution in [0.3, 0.4) is 0 Å². The van der Waals surface area contributed by atoms with E-state index in [1.54, 1.807) is 0 Å². The van der Waals surface area contributed by atoms with Crippen LogP contribution in [-0.4, -0.2) is 11.7 Å². The van der Waals surface area contributed by atoms with Crippen LogP contribution in [0.1, 0.15) is 79.6 Å². The molecular weight excluding hydrogens is 280 g/mol. The lowest BCUT2D eigenvalue weighted by Crippen LogP contribution is -1.89. The van der Waals surface area contributed by atoms with E-state index in [-0.39, 0.29) is 6.61 Å². The van der Waals surface area contributed by atoms with E-state index < -0.39 is 0 Å². The average molecular weight is 319 g/mol.